The summed E-state index contributed by atoms with van der Waals surface area (Å²) in [6.45, 7) is 0. The van der Waals surface area contributed by atoms with Gasteiger partial charge in [-0.1, -0.05) is 0 Å². The van der Waals surface area contributed by atoms with Gasteiger partial charge in [0.25, 0.3) is 0 Å². The normalized spacial score (nSPS) is 9.87. The monoisotopic (exact) mass is 201 g/mol. The number of nitriles is 1. The summed E-state index contributed by atoms with van der Waals surface area (Å²) in [6, 6.07) is 3.61. The number of fused-ring (bicyclic) bond motifs is 1. The van der Waals surface area contributed by atoms with Crippen LogP contribution in [-0.2, 0) is 4.74 Å². The molecule has 0 unspecified atom stereocenters. The first-order valence-electron chi connectivity index (χ1n) is 4.22. The van der Waals surface area contributed by atoms with E-state index >= 15 is 0 Å². The van der Waals surface area contributed by atoms with E-state index in [1.54, 1.807) is 6.07 Å². The van der Waals surface area contributed by atoms with Gasteiger partial charge >= 0.3 is 5.97 Å². The van der Waals surface area contributed by atoms with Crippen LogP contribution < -0.4 is 0 Å². The van der Waals surface area contributed by atoms with Crippen molar-refractivity contribution in [2.75, 3.05) is 7.11 Å². The van der Waals surface area contributed by atoms with Crippen LogP contribution in [0.1, 0.15) is 15.9 Å². The number of carbonyl (C=O) groups is 1. The second kappa shape index (κ2) is 3.42. The van der Waals surface area contributed by atoms with Gasteiger partial charge in [0.1, 0.15) is 17.1 Å². The molecule has 15 heavy (non-hydrogen) atoms. The van der Waals surface area contributed by atoms with Crippen molar-refractivity contribution in [2.24, 2.45) is 0 Å². The molecule has 2 rings (SSSR count). The third-order valence-electron chi connectivity index (χ3n) is 2.05. The highest BCUT2D eigenvalue weighted by Crippen LogP contribution is 2.17. The molecule has 0 spiro atoms. The highest BCUT2D eigenvalue weighted by molar-refractivity contribution is 6.02. The van der Waals surface area contributed by atoms with Crippen LogP contribution in [0.5, 0.6) is 0 Å². The maximum Gasteiger partial charge on any atom is 0.341 e. The van der Waals surface area contributed by atoms with Crippen molar-refractivity contribution in [3.63, 3.8) is 0 Å². The highest BCUT2D eigenvalue weighted by atomic mass is 16.5. The highest BCUT2D eigenvalue weighted by Gasteiger charge is 2.13. The Hall–Kier alpha value is -2.35. The molecule has 0 aliphatic rings. The van der Waals surface area contributed by atoms with Gasteiger partial charge in [-0.3, -0.25) is 4.98 Å². The van der Waals surface area contributed by atoms with Crippen LogP contribution in [0.4, 0.5) is 0 Å². The van der Waals surface area contributed by atoms with Crippen LogP contribution in [0.15, 0.2) is 18.5 Å². The number of carbonyl (C=O) groups excluding carboxylic acids is 1. The molecule has 0 fully saturated rings. The molecule has 5 nitrogen and oxygen atoms in total. The Balaban J connectivity index is 2.63. The molecule has 0 radical (unpaired) electrons. The third-order valence-corrected chi connectivity index (χ3v) is 2.05. The van der Waals surface area contributed by atoms with Gasteiger partial charge in [0.05, 0.1) is 18.2 Å². The molecule has 1 N–H and O–H groups in total. The average molecular weight is 201 g/mol. The molecule has 74 valence electrons. The molecule has 0 atom stereocenters. The molecule has 0 bridgehead atoms. The summed E-state index contributed by atoms with van der Waals surface area (Å²) in [5, 5.41) is 8.66. The molecule has 2 aromatic heterocycles. The minimum atomic E-state index is -0.446. The van der Waals surface area contributed by atoms with Gasteiger partial charge in [-0.2, -0.15) is 5.26 Å². The third kappa shape index (κ3) is 1.42. The molecule has 0 aliphatic carbocycles. The summed E-state index contributed by atoms with van der Waals surface area (Å²) in [4.78, 5) is 18.2. The number of rotatable bonds is 1. The molecule has 0 saturated heterocycles. The lowest BCUT2D eigenvalue weighted by Crippen LogP contribution is -2.00. The number of pyridine rings is 1. The van der Waals surface area contributed by atoms with Gasteiger partial charge in [-0.15, -0.1) is 0 Å². The minimum absolute atomic E-state index is 0.372. The first-order valence-corrected chi connectivity index (χ1v) is 4.22. The SMILES string of the molecule is COC(=O)c1c[nH]c2cc(C#N)cnc12. The van der Waals surface area contributed by atoms with E-state index in [2.05, 4.69) is 14.7 Å². The van der Waals surface area contributed by atoms with Crippen molar-refractivity contribution in [2.45, 2.75) is 0 Å². The van der Waals surface area contributed by atoms with Gasteiger partial charge in [-0.25, -0.2) is 4.79 Å². The Bertz CT molecular complexity index is 566. The van der Waals surface area contributed by atoms with E-state index in [1.807, 2.05) is 6.07 Å². The number of esters is 1. The smallest absolute Gasteiger partial charge is 0.341 e. The first kappa shape index (κ1) is 9.21. The second-order valence-corrected chi connectivity index (χ2v) is 2.93. The Morgan fingerprint density at radius 1 is 1.67 bits per heavy atom. The van der Waals surface area contributed by atoms with Crippen LogP contribution in [-0.4, -0.2) is 23.0 Å². The summed E-state index contributed by atoms with van der Waals surface area (Å²) in [6.07, 6.45) is 2.94. The zero-order valence-corrected chi connectivity index (χ0v) is 7.94. The number of nitrogens with zero attached hydrogens (tertiary/aromatic N) is 2. The Kier molecular flexibility index (Phi) is 2.10. The number of aromatic amines is 1. The average Bonchev–Trinajstić information content (AvgIpc) is 2.70. The number of nitrogens with one attached hydrogen (secondary N) is 1. The van der Waals surface area contributed by atoms with Crippen LogP contribution in [0, 0.1) is 11.3 Å². The van der Waals surface area contributed by atoms with Gasteiger partial charge in [0.2, 0.25) is 0 Å². The van der Waals surface area contributed by atoms with Crippen molar-refractivity contribution in [1.82, 2.24) is 9.97 Å². The molecule has 0 amide bonds. The summed E-state index contributed by atoms with van der Waals surface area (Å²) in [5.74, 6) is -0.446. The summed E-state index contributed by atoms with van der Waals surface area (Å²) < 4.78 is 4.60. The van der Waals surface area contributed by atoms with Gasteiger partial charge < -0.3 is 9.72 Å². The summed E-state index contributed by atoms with van der Waals surface area (Å²) in [5.41, 5.74) is 1.98. The number of ether oxygens (including phenoxy) is 1. The summed E-state index contributed by atoms with van der Waals surface area (Å²) >= 11 is 0. The molecule has 0 saturated carbocycles. The number of hydrogen-bond donors (Lipinski definition) is 1. The topological polar surface area (TPSA) is 78.8 Å². The number of H-pyrrole nitrogens is 1. The molecule has 2 aromatic rings. The minimum Gasteiger partial charge on any atom is -0.465 e. The van der Waals surface area contributed by atoms with Gasteiger partial charge in [-0.05, 0) is 6.07 Å². The molecular formula is C10H7N3O2. The molecule has 2 heterocycles. The van der Waals surface area contributed by atoms with Crippen molar-refractivity contribution in [1.29, 1.82) is 5.26 Å². The van der Waals surface area contributed by atoms with Crippen LogP contribution in [0.3, 0.4) is 0 Å². The standard InChI is InChI=1S/C10H7N3O2/c1-15-10(14)7-5-12-8-2-6(3-11)4-13-9(7)8/h2,4-5,12H,1H3. The van der Waals surface area contributed by atoms with Gasteiger partial charge in [0, 0.05) is 12.4 Å². The van der Waals surface area contributed by atoms with Crippen LogP contribution in [0.2, 0.25) is 0 Å². The van der Waals surface area contributed by atoms with Crippen molar-refractivity contribution in [3.8, 4) is 6.07 Å². The fourth-order valence-corrected chi connectivity index (χ4v) is 1.33. The van der Waals surface area contributed by atoms with E-state index in [0.29, 0.717) is 22.2 Å². The maximum absolute atomic E-state index is 11.3. The van der Waals surface area contributed by atoms with Crippen LogP contribution in [0.25, 0.3) is 11.0 Å². The largest absolute Gasteiger partial charge is 0.465 e. The Morgan fingerprint density at radius 2 is 2.47 bits per heavy atom. The molecule has 0 aliphatic heterocycles. The van der Waals surface area contributed by atoms with E-state index in [0.717, 1.165) is 0 Å². The lowest BCUT2D eigenvalue weighted by molar-refractivity contribution is 0.0603. The van der Waals surface area contributed by atoms with Gasteiger partial charge in [0.15, 0.2) is 0 Å². The number of aromatic nitrogens is 2. The number of methoxy groups -OCH3 is 1. The lowest BCUT2D eigenvalue weighted by atomic mass is 10.2. The second-order valence-electron chi connectivity index (χ2n) is 2.93. The fraction of sp³-hybridized carbons (Fsp3) is 0.100. The first-order chi connectivity index (χ1) is 7.26. The Morgan fingerprint density at radius 3 is 3.13 bits per heavy atom. The Labute approximate surface area is 85.3 Å². The van der Waals surface area contributed by atoms with Crippen molar-refractivity contribution >= 4 is 17.0 Å². The van der Waals surface area contributed by atoms with Crippen molar-refractivity contribution in [3.05, 3.63) is 29.6 Å². The van der Waals surface area contributed by atoms with E-state index in [1.165, 1.54) is 19.5 Å². The van der Waals surface area contributed by atoms with E-state index in [-0.39, 0.29) is 0 Å². The zero-order chi connectivity index (χ0) is 10.8. The predicted octanol–water partition coefficient (Wildman–Crippen LogP) is 1.22. The zero-order valence-electron chi connectivity index (χ0n) is 7.94. The predicted molar refractivity (Wildman–Crippen MR) is 52.1 cm³/mol. The quantitative estimate of drug-likeness (QED) is 0.703. The lowest BCUT2D eigenvalue weighted by Gasteiger charge is -1.95. The van der Waals surface area contributed by atoms with Crippen molar-refractivity contribution < 1.29 is 9.53 Å². The fourth-order valence-electron chi connectivity index (χ4n) is 1.33. The van der Waals surface area contributed by atoms with E-state index in [4.69, 9.17) is 5.26 Å². The van der Waals surface area contributed by atoms with E-state index in [9.17, 15) is 4.79 Å². The number of hydrogen-bond acceptors (Lipinski definition) is 4. The maximum atomic E-state index is 11.3. The van der Waals surface area contributed by atoms with Crippen LogP contribution >= 0.6 is 0 Å². The van der Waals surface area contributed by atoms with E-state index < -0.39 is 5.97 Å². The molecular weight excluding hydrogens is 194 g/mol. The molecule has 0 aromatic carbocycles. The summed E-state index contributed by atoms with van der Waals surface area (Å²) in [7, 11) is 1.31. The molecule has 5 heteroatoms.